The van der Waals surface area contributed by atoms with Gasteiger partial charge in [-0.25, -0.2) is 0 Å². The van der Waals surface area contributed by atoms with E-state index >= 15 is 0 Å². The Morgan fingerprint density at radius 1 is 1.67 bits per heavy atom. The number of carbonyl (C=O) groups excluding carboxylic acids is 2. The first-order valence-corrected chi connectivity index (χ1v) is 3.87. The van der Waals surface area contributed by atoms with Gasteiger partial charge in [0.15, 0.2) is 5.78 Å². The van der Waals surface area contributed by atoms with Crippen LogP contribution in [0.4, 0.5) is 0 Å². The van der Waals surface area contributed by atoms with Gasteiger partial charge in [0.05, 0.1) is 19.8 Å². The Morgan fingerprint density at radius 3 is 2.83 bits per heavy atom. The van der Waals surface area contributed by atoms with Crippen LogP contribution in [0.2, 0.25) is 0 Å². The number of hydrogen-bond donors (Lipinski definition) is 0. The molecule has 0 saturated carbocycles. The van der Waals surface area contributed by atoms with Crippen LogP contribution in [0.5, 0.6) is 0 Å². The van der Waals surface area contributed by atoms with Gasteiger partial charge < -0.3 is 9.47 Å². The molecule has 1 aliphatic heterocycles. The van der Waals surface area contributed by atoms with E-state index in [1.807, 2.05) is 6.92 Å². The molecule has 0 aromatic rings. The summed E-state index contributed by atoms with van der Waals surface area (Å²) >= 11 is 0. The fraction of sp³-hybridized carbons (Fsp3) is 0.750. The van der Waals surface area contributed by atoms with Gasteiger partial charge in [0.2, 0.25) is 0 Å². The Balaban J connectivity index is 2.56. The number of ketones is 1. The zero-order chi connectivity index (χ0) is 9.14. The Bertz CT molecular complexity index is 199. The minimum Gasteiger partial charge on any atom is -0.468 e. The van der Waals surface area contributed by atoms with Crippen LogP contribution < -0.4 is 0 Å². The highest BCUT2D eigenvalue weighted by Gasteiger charge is 2.33. The van der Waals surface area contributed by atoms with Crippen LogP contribution in [0, 0.1) is 5.92 Å². The number of carbonyl (C=O) groups is 2. The molecule has 0 N–H and O–H groups in total. The van der Waals surface area contributed by atoms with Crippen molar-refractivity contribution in [3.8, 4) is 0 Å². The van der Waals surface area contributed by atoms with Crippen LogP contribution in [-0.2, 0) is 19.1 Å². The second-order valence-electron chi connectivity index (χ2n) is 2.89. The van der Waals surface area contributed by atoms with Gasteiger partial charge >= 0.3 is 5.97 Å². The second kappa shape index (κ2) is 3.67. The SMILES string of the molecule is COC(=O)C1COC(C)CC1=O. The number of hydrogen-bond acceptors (Lipinski definition) is 4. The molecule has 1 heterocycles. The lowest BCUT2D eigenvalue weighted by Crippen LogP contribution is -2.37. The average molecular weight is 172 g/mol. The summed E-state index contributed by atoms with van der Waals surface area (Å²) in [7, 11) is 1.27. The summed E-state index contributed by atoms with van der Waals surface area (Å²) in [4.78, 5) is 22.2. The third-order valence-electron chi connectivity index (χ3n) is 1.91. The van der Waals surface area contributed by atoms with Gasteiger partial charge in [-0.15, -0.1) is 0 Å². The first-order valence-electron chi connectivity index (χ1n) is 3.87. The van der Waals surface area contributed by atoms with Crippen molar-refractivity contribution in [1.29, 1.82) is 0 Å². The standard InChI is InChI=1S/C8H12O4/c1-5-3-7(9)6(4-12-5)8(10)11-2/h5-6H,3-4H2,1-2H3. The summed E-state index contributed by atoms with van der Waals surface area (Å²) in [5, 5.41) is 0. The third-order valence-corrected chi connectivity index (χ3v) is 1.91. The highest BCUT2D eigenvalue weighted by atomic mass is 16.5. The van der Waals surface area contributed by atoms with E-state index in [9.17, 15) is 9.59 Å². The molecule has 0 amide bonds. The Kier molecular flexibility index (Phi) is 2.81. The number of Topliss-reactive ketones (excluding diaryl/α,β-unsaturated/α-hetero) is 1. The zero-order valence-electron chi connectivity index (χ0n) is 7.20. The van der Waals surface area contributed by atoms with Gasteiger partial charge in [-0.3, -0.25) is 9.59 Å². The molecule has 0 spiro atoms. The lowest BCUT2D eigenvalue weighted by Gasteiger charge is -2.23. The first kappa shape index (κ1) is 9.19. The maximum Gasteiger partial charge on any atom is 0.318 e. The van der Waals surface area contributed by atoms with E-state index in [1.165, 1.54) is 7.11 Å². The lowest BCUT2D eigenvalue weighted by atomic mass is 9.98. The van der Waals surface area contributed by atoms with E-state index in [2.05, 4.69) is 4.74 Å². The van der Waals surface area contributed by atoms with Gasteiger partial charge in [0.25, 0.3) is 0 Å². The monoisotopic (exact) mass is 172 g/mol. The van der Waals surface area contributed by atoms with E-state index in [1.54, 1.807) is 0 Å². The molecule has 1 saturated heterocycles. The summed E-state index contributed by atoms with van der Waals surface area (Å²) in [6, 6.07) is 0. The number of esters is 1. The van der Waals surface area contributed by atoms with Crippen LogP contribution in [0.25, 0.3) is 0 Å². The fourth-order valence-electron chi connectivity index (χ4n) is 1.18. The quantitative estimate of drug-likeness (QED) is 0.417. The fourth-order valence-corrected chi connectivity index (χ4v) is 1.18. The molecule has 0 aliphatic carbocycles. The van der Waals surface area contributed by atoms with Crippen molar-refractivity contribution in [1.82, 2.24) is 0 Å². The van der Waals surface area contributed by atoms with Crippen molar-refractivity contribution in [2.24, 2.45) is 5.92 Å². The summed E-state index contributed by atoms with van der Waals surface area (Å²) in [5.41, 5.74) is 0. The molecule has 0 aromatic carbocycles. The minimum absolute atomic E-state index is 0.0709. The normalized spacial score (nSPS) is 30.0. The predicted octanol–water partition coefficient (Wildman–Crippen LogP) is 0.153. The average Bonchev–Trinajstić information content (AvgIpc) is 2.03. The number of rotatable bonds is 1. The molecule has 12 heavy (non-hydrogen) atoms. The summed E-state index contributed by atoms with van der Waals surface area (Å²) in [5.74, 6) is -1.28. The van der Waals surface area contributed by atoms with E-state index in [-0.39, 0.29) is 18.5 Å². The van der Waals surface area contributed by atoms with Crippen LogP contribution in [0.1, 0.15) is 13.3 Å². The molecule has 1 aliphatic rings. The Hall–Kier alpha value is -0.900. The van der Waals surface area contributed by atoms with Crippen LogP contribution in [0.15, 0.2) is 0 Å². The van der Waals surface area contributed by atoms with E-state index < -0.39 is 11.9 Å². The molecule has 68 valence electrons. The van der Waals surface area contributed by atoms with Crippen molar-refractivity contribution in [3.05, 3.63) is 0 Å². The molecule has 1 rings (SSSR count). The van der Waals surface area contributed by atoms with Crippen LogP contribution >= 0.6 is 0 Å². The van der Waals surface area contributed by atoms with E-state index in [0.717, 1.165) is 0 Å². The molecular formula is C8H12O4. The second-order valence-corrected chi connectivity index (χ2v) is 2.89. The molecular weight excluding hydrogens is 160 g/mol. The Labute approximate surface area is 70.8 Å². The topological polar surface area (TPSA) is 52.6 Å². The zero-order valence-corrected chi connectivity index (χ0v) is 7.20. The van der Waals surface area contributed by atoms with Crippen LogP contribution in [-0.4, -0.2) is 31.6 Å². The van der Waals surface area contributed by atoms with Crippen molar-refractivity contribution in [3.63, 3.8) is 0 Å². The molecule has 2 atom stereocenters. The molecule has 0 aromatic heterocycles. The highest BCUT2D eigenvalue weighted by Crippen LogP contribution is 2.15. The minimum atomic E-state index is -0.703. The van der Waals surface area contributed by atoms with Crippen molar-refractivity contribution < 1.29 is 19.1 Å². The summed E-state index contributed by atoms with van der Waals surface area (Å²) in [6.45, 7) is 1.97. The van der Waals surface area contributed by atoms with Gasteiger partial charge in [0.1, 0.15) is 5.92 Å². The molecule has 0 radical (unpaired) electrons. The molecule has 4 nitrogen and oxygen atoms in total. The van der Waals surface area contributed by atoms with Gasteiger partial charge in [0, 0.05) is 6.42 Å². The maximum absolute atomic E-state index is 11.2. The van der Waals surface area contributed by atoms with E-state index in [0.29, 0.717) is 6.42 Å². The maximum atomic E-state index is 11.2. The number of ether oxygens (including phenoxy) is 2. The van der Waals surface area contributed by atoms with Gasteiger partial charge in [-0.05, 0) is 6.92 Å². The molecule has 0 bridgehead atoms. The van der Waals surface area contributed by atoms with Gasteiger partial charge in [-0.2, -0.15) is 0 Å². The van der Waals surface area contributed by atoms with E-state index in [4.69, 9.17) is 4.74 Å². The highest BCUT2D eigenvalue weighted by molar-refractivity contribution is 5.99. The van der Waals surface area contributed by atoms with Crippen molar-refractivity contribution in [2.75, 3.05) is 13.7 Å². The lowest BCUT2D eigenvalue weighted by molar-refractivity contribution is -0.157. The smallest absolute Gasteiger partial charge is 0.318 e. The Morgan fingerprint density at radius 2 is 2.33 bits per heavy atom. The van der Waals surface area contributed by atoms with Crippen molar-refractivity contribution >= 4 is 11.8 Å². The van der Waals surface area contributed by atoms with Crippen LogP contribution in [0.3, 0.4) is 0 Å². The summed E-state index contributed by atoms with van der Waals surface area (Å²) < 4.78 is 9.62. The predicted molar refractivity (Wildman–Crippen MR) is 40.5 cm³/mol. The molecule has 2 unspecified atom stereocenters. The van der Waals surface area contributed by atoms with Gasteiger partial charge in [-0.1, -0.05) is 0 Å². The summed E-state index contributed by atoms with van der Waals surface area (Å²) in [6.07, 6.45) is 0.234. The third kappa shape index (κ3) is 1.82. The number of methoxy groups -OCH3 is 1. The largest absolute Gasteiger partial charge is 0.468 e. The van der Waals surface area contributed by atoms with Crippen molar-refractivity contribution in [2.45, 2.75) is 19.4 Å². The first-order chi connectivity index (χ1) is 5.65. The molecule has 4 heteroatoms. The molecule has 1 fully saturated rings.